The minimum absolute atomic E-state index is 0.468. The first-order valence-electron chi connectivity index (χ1n) is 3.26. The van der Waals surface area contributed by atoms with Crippen LogP contribution in [-0.2, 0) is 4.84 Å². The molecule has 0 fully saturated rings. The monoisotopic (exact) mass is 133 g/mol. The van der Waals surface area contributed by atoms with E-state index in [1.165, 1.54) is 5.06 Å². The Kier molecular flexibility index (Phi) is 4.67. The summed E-state index contributed by atoms with van der Waals surface area (Å²) in [6.45, 7) is 4.40. The van der Waals surface area contributed by atoms with Crippen LogP contribution in [0.2, 0.25) is 0 Å². The highest BCUT2D eigenvalue weighted by Crippen LogP contribution is 1.96. The van der Waals surface area contributed by atoms with Gasteiger partial charge < -0.3 is 5.11 Å². The number of hydrogen-bond acceptors (Lipinski definition) is 3. The van der Waals surface area contributed by atoms with E-state index in [1.54, 1.807) is 7.05 Å². The van der Waals surface area contributed by atoms with Crippen LogP contribution in [0.5, 0.6) is 0 Å². The largest absolute Gasteiger partial charge is 0.376 e. The highest BCUT2D eigenvalue weighted by Gasteiger charge is 2.06. The molecule has 3 heteroatoms. The molecule has 0 saturated carbocycles. The van der Waals surface area contributed by atoms with Crippen LogP contribution in [0.15, 0.2) is 0 Å². The lowest BCUT2D eigenvalue weighted by atomic mass is 10.4. The first-order chi connectivity index (χ1) is 4.22. The van der Waals surface area contributed by atoms with Crippen LogP contribution in [0.3, 0.4) is 0 Å². The summed E-state index contributed by atoms with van der Waals surface area (Å²) in [6, 6.07) is 0. The lowest BCUT2D eigenvalue weighted by Gasteiger charge is -2.20. The van der Waals surface area contributed by atoms with Crippen molar-refractivity contribution in [1.82, 2.24) is 5.06 Å². The molecule has 0 aliphatic heterocycles. The number of aliphatic hydroxyl groups is 1. The van der Waals surface area contributed by atoms with E-state index in [4.69, 9.17) is 9.94 Å². The van der Waals surface area contributed by atoms with E-state index in [2.05, 4.69) is 0 Å². The summed E-state index contributed by atoms with van der Waals surface area (Å²) in [6.07, 6.45) is 0.223. The van der Waals surface area contributed by atoms with Crippen molar-refractivity contribution in [1.29, 1.82) is 0 Å². The first-order valence-corrected chi connectivity index (χ1v) is 3.26. The van der Waals surface area contributed by atoms with Crippen molar-refractivity contribution in [2.24, 2.45) is 0 Å². The second kappa shape index (κ2) is 4.73. The Morgan fingerprint density at radius 1 is 1.56 bits per heavy atom. The summed E-state index contributed by atoms with van der Waals surface area (Å²) in [5.41, 5.74) is 0. The molecule has 0 amide bonds. The Hall–Kier alpha value is -0.120. The minimum atomic E-state index is -0.468. The third-order valence-electron chi connectivity index (χ3n) is 1.12. The van der Waals surface area contributed by atoms with Gasteiger partial charge in [0.15, 0.2) is 0 Å². The van der Waals surface area contributed by atoms with Crippen molar-refractivity contribution >= 4 is 0 Å². The quantitative estimate of drug-likeness (QED) is 0.450. The van der Waals surface area contributed by atoms with Gasteiger partial charge in [0.1, 0.15) is 6.23 Å². The van der Waals surface area contributed by atoms with Crippen molar-refractivity contribution in [2.45, 2.75) is 26.5 Å². The zero-order chi connectivity index (χ0) is 7.28. The molecule has 1 N–H and O–H groups in total. The van der Waals surface area contributed by atoms with Crippen LogP contribution in [-0.4, -0.2) is 30.1 Å². The number of hydrogen-bond donors (Lipinski definition) is 1. The lowest BCUT2D eigenvalue weighted by molar-refractivity contribution is -0.219. The van der Waals surface area contributed by atoms with E-state index >= 15 is 0 Å². The van der Waals surface area contributed by atoms with Crippen molar-refractivity contribution < 1.29 is 9.94 Å². The van der Waals surface area contributed by atoms with Gasteiger partial charge in [-0.3, -0.25) is 4.84 Å². The molecule has 0 aromatic heterocycles. The Labute approximate surface area is 56.2 Å². The van der Waals surface area contributed by atoms with Crippen LogP contribution < -0.4 is 0 Å². The predicted molar refractivity (Wildman–Crippen MR) is 35.7 cm³/mol. The molecule has 9 heavy (non-hydrogen) atoms. The maximum Gasteiger partial charge on any atom is 0.129 e. The summed E-state index contributed by atoms with van der Waals surface area (Å²) in [5, 5.41) is 10.5. The molecule has 3 nitrogen and oxygen atoms in total. The van der Waals surface area contributed by atoms with Gasteiger partial charge in [-0.1, -0.05) is 6.92 Å². The number of nitrogens with zero attached hydrogens (tertiary/aromatic N) is 1. The topological polar surface area (TPSA) is 32.7 Å². The van der Waals surface area contributed by atoms with Gasteiger partial charge in [-0.2, -0.15) is 5.06 Å². The van der Waals surface area contributed by atoms with Gasteiger partial charge in [-0.25, -0.2) is 0 Å². The van der Waals surface area contributed by atoms with E-state index < -0.39 is 6.23 Å². The second-order valence-corrected chi connectivity index (χ2v) is 1.85. The zero-order valence-electron chi connectivity index (χ0n) is 6.29. The third-order valence-corrected chi connectivity index (χ3v) is 1.12. The van der Waals surface area contributed by atoms with Crippen LogP contribution in [0.4, 0.5) is 0 Å². The Balaban J connectivity index is 3.32. The molecular weight excluding hydrogens is 118 g/mol. The fourth-order valence-corrected chi connectivity index (χ4v) is 0.547. The van der Waals surface area contributed by atoms with Gasteiger partial charge in [0, 0.05) is 7.05 Å². The SMILES string of the molecule is CCON(C)C(O)CC. The summed E-state index contributed by atoms with van der Waals surface area (Å²) in [4.78, 5) is 4.98. The van der Waals surface area contributed by atoms with Gasteiger partial charge >= 0.3 is 0 Å². The predicted octanol–water partition coefficient (Wildman–Crippen LogP) is 0.598. The smallest absolute Gasteiger partial charge is 0.129 e. The van der Waals surface area contributed by atoms with E-state index in [1.807, 2.05) is 13.8 Å². The highest BCUT2D eigenvalue weighted by atomic mass is 16.7. The summed E-state index contributed by atoms with van der Waals surface area (Å²) in [5.74, 6) is 0. The average molecular weight is 133 g/mol. The Morgan fingerprint density at radius 2 is 2.11 bits per heavy atom. The van der Waals surface area contributed by atoms with Crippen molar-refractivity contribution in [2.75, 3.05) is 13.7 Å². The average Bonchev–Trinajstić information content (AvgIpc) is 1.87. The van der Waals surface area contributed by atoms with Crippen LogP contribution >= 0.6 is 0 Å². The highest BCUT2D eigenvalue weighted by molar-refractivity contribution is 4.40. The van der Waals surface area contributed by atoms with Gasteiger partial charge in [0.05, 0.1) is 6.61 Å². The molecule has 0 aliphatic rings. The molecule has 0 aliphatic carbocycles. The molecule has 0 heterocycles. The molecule has 0 aromatic rings. The Morgan fingerprint density at radius 3 is 2.44 bits per heavy atom. The van der Waals surface area contributed by atoms with Gasteiger partial charge in [0.2, 0.25) is 0 Å². The van der Waals surface area contributed by atoms with Crippen molar-refractivity contribution in [3.05, 3.63) is 0 Å². The fourth-order valence-electron chi connectivity index (χ4n) is 0.547. The Bertz CT molecular complexity index is 68.1. The minimum Gasteiger partial charge on any atom is -0.376 e. The summed E-state index contributed by atoms with van der Waals surface area (Å²) < 4.78 is 0. The van der Waals surface area contributed by atoms with Crippen molar-refractivity contribution in [3.8, 4) is 0 Å². The first kappa shape index (κ1) is 8.88. The molecule has 0 radical (unpaired) electrons. The maximum absolute atomic E-state index is 9.06. The summed E-state index contributed by atoms with van der Waals surface area (Å²) >= 11 is 0. The lowest BCUT2D eigenvalue weighted by Crippen LogP contribution is -2.30. The zero-order valence-corrected chi connectivity index (χ0v) is 6.29. The standard InChI is InChI=1S/C6H15NO2/c1-4-6(8)7(3)9-5-2/h6,8H,4-5H2,1-3H3. The molecular formula is C6H15NO2. The molecule has 0 rings (SSSR count). The van der Waals surface area contributed by atoms with Crippen LogP contribution in [0.25, 0.3) is 0 Å². The second-order valence-electron chi connectivity index (χ2n) is 1.85. The van der Waals surface area contributed by atoms with Crippen molar-refractivity contribution in [3.63, 3.8) is 0 Å². The molecule has 56 valence electrons. The van der Waals surface area contributed by atoms with Gasteiger partial charge in [-0.05, 0) is 13.3 Å². The number of aliphatic hydroxyl groups excluding tert-OH is 1. The van der Waals surface area contributed by atoms with E-state index in [9.17, 15) is 0 Å². The van der Waals surface area contributed by atoms with E-state index in [0.29, 0.717) is 13.0 Å². The van der Waals surface area contributed by atoms with Crippen LogP contribution in [0.1, 0.15) is 20.3 Å². The molecule has 0 aromatic carbocycles. The molecule has 0 bridgehead atoms. The van der Waals surface area contributed by atoms with E-state index in [0.717, 1.165) is 0 Å². The third kappa shape index (κ3) is 3.46. The molecule has 0 spiro atoms. The maximum atomic E-state index is 9.06. The van der Waals surface area contributed by atoms with E-state index in [-0.39, 0.29) is 0 Å². The normalized spacial score (nSPS) is 14.3. The molecule has 1 atom stereocenters. The number of hydroxylamine groups is 2. The van der Waals surface area contributed by atoms with Gasteiger partial charge in [-0.15, -0.1) is 0 Å². The number of rotatable bonds is 4. The molecule has 1 unspecified atom stereocenters. The fraction of sp³-hybridized carbons (Fsp3) is 1.00. The van der Waals surface area contributed by atoms with Gasteiger partial charge in [0.25, 0.3) is 0 Å². The summed E-state index contributed by atoms with van der Waals surface area (Å²) in [7, 11) is 1.72. The molecule has 0 saturated heterocycles. The van der Waals surface area contributed by atoms with Crippen LogP contribution in [0, 0.1) is 0 Å².